The molecule has 0 fully saturated rings. The molecule has 3 N–H and O–H groups in total. The molecule has 1 atom stereocenters. The summed E-state index contributed by atoms with van der Waals surface area (Å²) in [5.41, 5.74) is 6.63. The summed E-state index contributed by atoms with van der Waals surface area (Å²) in [4.78, 5) is 12.0. The number of hydrogen-bond donors (Lipinski definition) is 2. The third-order valence-electron chi connectivity index (χ3n) is 2.02. The Balaban J connectivity index is 2.42. The molecule has 4 nitrogen and oxygen atoms in total. The number of carbonyl (C=O) groups is 1. The van der Waals surface area contributed by atoms with E-state index < -0.39 is 0 Å². The first-order chi connectivity index (χ1) is 8.11. The summed E-state index contributed by atoms with van der Waals surface area (Å²) in [7, 11) is 1.65. The Morgan fingerprint density at radius 2 is 2.12 bits per heavy atom. The first kappa shape index (κ1) is 14.0. The number of anilines is 1. The van der Waals surface area contributed by atoms with Gasteiger partial charge in [-0.25, -0.2) is 0 Å². The third kappa shape index (κ3) is 5.72. The molecule has 0 radical (unpaired) electrons. The Kier molecular flexibility index (Phi) is 6.04. The number of nitrogens with two attached hydrogens (primary N) is 1. The van der Waals surface area contributed by atoms with E-state index in [0.29, 0.717) is 6.61 Å². The molecule has 0 bridgehead atoms. The van der Waals surface area contributed by atoms with E-state index in [1.54, 1.807) is 18.9 Å². The number of carbonyl (C=O) groups excluding carboxylic acids is 1. The molecule has 0 spiro atoms. The second-order valence-electron chi connectivity index (χ2n) is 3.73. The van der Waals surface area contributed by atoms with E-state index >= 15 is 0 Å². The number of hydrogen-bond acceptors (Lipinski definition) is 4. The Morgan fingerprint density at radius 1 is 1.47 bits per heavy atom. The molecule has 0 aliphatic carbocycles. The molecule has 0 saturated heterocycles. The average molecular weight is 254 g/mol. The summed E-state index contributed by atoms with van der Waals surface area (Å²) >= 11 is 1.68. The summed E-state index contributed by atoms with van der Waals surface area (Å²) in [6, 6.07) is 7.74. The first-order valence-electron chi connectivity index (χ1n) is 5.37. The molecule has 5 heteroatoms. The van der Waals surface area contributed by atoms with Crippen LogP contribution in [0.25, 0.3) is 0 Å². The zero-order chi connectivity index (χ0) is 12.7. The standard InChI is InChI=1S/C12H18N2O2S/c1-9(15)14-11-3-5-12(6-4-11)17-8-10(13)7-16-2/h3-6,10H,7-8,13H2,1-2H3,(H,14,15). The molecular formula is C12H18N2O2S. The largest absolute Gasteiger partial charge is 0.383 e. The maximum absolute atomic E-state index is 10.8. The molecule has 17 heavy (non-hydrogen) atoms. The maximum atomic E-state index is 10.8. The summed E-state index contributed by atoms with van der Waals surface area (Å²) in [6.45, 7) is 2.06. The Labute approximate surface area is 106 Å². The first-order valence-corrected chi connectivity index (χ1v) is 6.35. The number of thioether (sulfide) groups is 1. The topological polar surface area (TPSA) is 64.3 Å². The fourth-order valence-corrected chi connectivity index (χ4v) is 2.13. The van der Waals surface area contributed by atoms with E-state index in [4.69, 9.17) is 10.5 Å². The van der Waals surface area contributed by atoms with Gasteiger partial charge in [0.25, 0.3) is 0 Å². The quantitative estimate of drug-likeness (QED) is 0.759. The Morgan fingerprint density at radius 3 is 2.65 bits per heavy atom. The van der Waals surface area contributed by atoms with Gasteiger partial charge in [-0.2, -0.15) is 0 Å². The Bertz CT molecular complexity index is 354. The van der Waals surface area contributed by atoms with Gasteiger partial charge in [0.05, 0.1) is 6.61 Å². The summed E-state index contributed by atoms with van der Waals surface area (Å²) in [5, 5.41) is 2.72. The van der Waals surface area contributed by atoms with Crippen LogP contribution in [0, 0.1) is 0 Å². The molecule has 94 valence electrons. The van der Waals surface area contributed by atoms with E-state index in [9.17, 15) is 4.79 Å². The normalized spacial score (nSPS) is 12.2. The molecular weight excluding hydrogens is 236 g/mol. The van der Waals surface area contributed by atoms with Gasteiger partial charge in [-0.05, 0) is 24.3 Å². The molecule has 0 saturated carbocycles. The highest BCUT2D eigenvalue weighted by molar-refractivity contribution is 7.99. The average Bonchev–Trinajstić information content (AvgIpc) is 2.28. The van der Waals surface area contributed by atoms with Gasteiger partial charge in [-0.1, -0.05) is 0 Å². The fraction of sp³-hybridized carbons (Fsp3) is 0.417. The number of amides is 1. The van der Waals surface area contributed by atoms with E-state index in [-0.39, 0.29) is 11.9 Å². The van der Waals surface area contributed by atoms with Crippen molar-refractivity contribution in [2.45, 2.75) is 17.9 Å². The highest BCUT2D eigenvalue weighted by atomic mass is 32.2. The monoisotopic (exact) mass is 254 g/mol. The molecule has 0 aromatic heterocycles. The minimum atomic E-state index is -0.0625. The fourth-order valence-electron chi connectivity index (χ4n) is 1.30. The molecule has 0 heterocycles. The van der Waals surface area contributed by atoms with Gasteiger partial charge in [0.15, 0.2) is 0 Å². The Hall–Kier alpha value is -1.04. The maximum Gasteiger partial charge on any atom is 0.221 e. The van der Waals surface area contributed by atoms with Gasteiger partial charge < -0.3 is 15.8 Å². The molecule has 0 aliphatic rings. The lowest BCUT2D eigenvalue weighted by Crippen LogP contribution is -2.28. The predicted molar refractivity (Wildman–Crippen MR) is 71.3 cm³/mol. The van der Waals surface area contributed by atoms with Crippen molar-refractivity contribution in [3.05, 3.63) is 24.3 Å². The van der Waals surface area contributed by atoms with Crippen LogP contribution in [0.15, 0.2) is 29.2 Å². The van der Waals surface area contributed by atoms with Crippen molar-refractivity contribution in [3.63, 3.8) is 0 Å². The number of rotatable bonds is 6. The van der Waals surface area contributed by atoms with Crippen molar-refractivity contribution in [1.29, 1.82) is 0 Å². The van der Waals surface area contributed by atoms with Crippen LogP contribution in [0.4, 0.5) is 5.69 Å². The van der Waals surface area contributed by atoms with Crippen LogP contribution in [0.1, 0.15) is 6.92 Å². The van der Waals surface area contributed by atoms with Crippen molar-refractivity contribution < 1.29 is 9.53 Å². The summed E-state index contributed by atoms with van der Waals surface area (Å²) in [6.07, 6.45) is 0. The van der Waals surface area contributed by atoms with E-state index in [1.807, 2.05) is 24.3 Å². The lowest BCUT2D eigenvalue weighted by molar-refractivity contribution is -0.114. The van der Waals surface area contributed by atoms with Crippen LogP contribution in [-0.4, -0.2) is 31.4 Å². The molecule has 0 aliphatic heterocycles. The van der Waals surface area contributed by atoms with Crippen LogP contribution >= 0.6 is 11.8 Å². The summed E-state index contributed by atoms with van der Waals surface area (Å²) in [5.74, 6) is 0.750. The molecule has 1 unspecified atom stereocenters. The number of nitrogens with one attached hydrogen (secondary N) is 1. The highest BCUT2D eigenvalue weighted by Gasteiger charge is 2.03. The lowest BCUT2D eigenvalue weighted by atomic mass is 10.3. The lowest BCUT2D eigenvalue weighted by Gasteiger charge is -2.10. The van der Waals surface area contributed by atoms with Gasteiger partial charge in [0.1, 0.15) is 0 Å². The van der Waals surface area contributed by atoms with Gasteiger partial charge in [0, 0.05) is 36.4 Å². The van der Waals surface area contributed by atoms with E-state index in [1.165, 1.54) is 6.92 Å². The summed E-state index contributed by atoms with van der Waals surface area (Å²) < 4.78 is 4.97. The molecule has 1 aromatic carbocycles. The minimum absolute atomic E-state index is 0.0417. The predicted octanol–water partition coefficient (Wildman–Crippen LogP) is 1.71. The van der Waals surface area contributed by atoms with Crippen molar-refractivity contribution in [2.24, 2.45) is 5.73 Å². The van der Waals surface area contributed by atoms with Crippen LogP contribution in [-0.2, 0) is 9.53 Å². The zero-order valence-electron chi connectivity index (χ0n) is 10.1. The van der Waals surface area contributed by atoms with Gasteiger partial charge in [0.2, 0.25) is 5.91 Å². The highest BCUT2D eigenvalue weighted by Crippen LogP contribution is 2.20. The van der Waals surface area contributed by atoms with Gasteiger partial charge in [-0.15, -0.1) is 11.8 Å². The van der Waals surface area contributed by atoms with Crippen molar-refractivity contribution >= 4 is 23.4 Å². The van der Waals surface area contributed by atoms with Gasteiger partial charge >= 0.3 is 0 Å². The van der Waals surface area contributed by atoms with E-state index in [0.717, 1.165) is 16.3 Å². The van der Waals surface area contributed by atoms with Crippen molar-refractivity contribution in [3.8, 4) is 0 Å². The van der Waals surface area contributed by atoms with Crippen LogP contribution in [0.5, 0.6) is 0 Å². The van der Waals surface area contributed by atoms with Gasteiger partial charge in [-0.3, -0.25) is 4.79 Å². The second kappa shape index (κ2) is 7.32. The molecule has 1 aromatic rings. The molecule has 1 amide bonds. The zero-order valence-corrected chi connectivity index (χ0v) is 10.9. The van der Waals surface area contributed by atoms with Crippen molar-refractivity contribution in [1.82, 2.24) is 0 Å². The molecule has 1 rings (SSSR count). The number of ether oxygens (including phenoxy) is 1. The van der Waals surface area contributed by atoms with Crippen LogP contribution in [0.2, 0.25) is 0 Å². The number of benzene rings is 1. The second-order valence-corrected chi connectivity index (χ2v) is 4.83. The minimum Gasteiger partial charge on any atom is -0.383 e. The van der Waals surface area contributed by atoms with E-state index in [2.05, 4.69) is 5.32 Å². The van der Waals surface area contributed by atoms with Crippen LogP contribution in [0.3, 0.4) is 0 Å². The van der Waals surface area contributed by atoms with Crippen molar-refractivity contribution in [2.75, 3.05) is 24.8 Å². The smallest absolute Gasteiger partial charge is 0.221 e. The third-order valence-corrected chi connectivity index (χ3v) is 3.22. The van der Waals surface area contributed by atoms with Crippen LogP contribution < -0.4 is 11.1 Å². The SMILES string of the molecule is COCC(N)CSc1ccc(NC(C)=O)cc1. The number of methoxy groups -OCH3 is 1.